The Labute approximate surface area is 182 Å². The summed E-state index contributed by atoms with van der Waals surface area (Å²) in [6, 6.07) is 0. The normalized spacial score (nSPS) is 11.2. The Morgan fingerprint density at radius 2 is 0.750 bits per heavy atom. The highest BCUT2D eigenvalue weighted by Crippen LogP contribution is 2.15. The van der Waals surface area contributed by atoms with Gasteiger partial charge in [0, 0.05) is 18.7 Å². The van der Waals surface area contributed by atoms with Crippen LogP contribution in [0.25, 0.3) is 0 Å². The van der Waals surface area contributed by atoms with E-state index in [0.29, 0.717) is 18.1 Å². The molecule has 0 bridgehead atoms. The quantitative estimate of drug-likeness (QED) is 0.113. The van der Waals surface area contributed by atoms with Crippen LogP contribution < -0.4 is 0 Å². The lowest BCUT2D eigenvalue weighted by atomic mass is 10.0. The molecule has 0 saturated heterocycles. The van der Waals surface area contributed by atoms with E-state index >= 15 is 0 Å². The second-order valence-corrected chi connectivity index (χ2v) is 9.18. The fourth-order valence-electron chi connectivity index (χ4n) is 3.97. The largest absolute Gasteiger partial charge is 0.300 e. The summed E-state index contributed by atoms with van der Waals surface area (Å²) < 4.78 is 0. The Bertz CT molecular complexity index is 303. The molecule has 168 valence electrons. The third kappa shape index (κ3) is 24.0. The molecule has 0 aromatic rings. The van der Waals surface area contributed by atoms with E-state index in [4.69, 9.17) is 11.6 Å². The highest BCUT2D eigenvalue weighted by Gasteiger charge is 2.01. The molecule has 0 amide bonds. The van der Waals surface area contributed by atoms with Crippen LogP contribution in [-0.2, 0) is 4.79 Å². The molecule has 0 heterocycles. The van der Waals surface area contributed by atoms with Gasteiger partial charge in [0.25, 0.3) is 0 Å². The van der Waals surface area contributed by atoms with Crippen molar-refractivity contribution in [2.24, 2.45) is 0 Å². The maximum Gasteiger partial charge on any atom is 0.132 e. The van der Waals surface area contributed by atoms with Gasteiger partial charge in [-0.2, -0.15) is 0 Å². The number of hydrogen-bond donors (Lipinski definition) is 0. The molecule has 1 nitrogen and oxygen atoms in total. The zero-order chi connectivity index (χ0) is 20.5. The summed E-state index contributed by atoms with van der Waals surface area (Å²) in [6.07, 6.45) is 30.3. The third-order valence-electron chi connectivity index (χ3n) is 5.90. The Balaban J connectivity index is 3.04. The van der Waals surface area contributed by atoms with Gasteiger partial charge in [0.15, 0.2) is 0 Å². The third-order valence-corrected chi connectivity index (χ3v) is 6.17. The highest BCUT2D eigenvalue weighted by molar-refractivity contribution is 6.17. The molecule has 0 rings (SSSR count). The van der Waals surface area contributed by atoms with E-state index in [9.17, 15) is 4.79 Å². The van der Waals surface area contributed by atoms with E-state index < -0.39 is 0 Å². The van der Waals surface area contributed by atoms with Crippen LogP contribution in [0.4, 0.5) is 0 Å². The molecular formula is C26H51ClO. The molecular weight excluding hydrogens is 364 g/mol. The summed E-state index contributed by atoms with van der Waals surface area (Å²) in [6.45, 7) is 2.29. The molecule has 0 saturated carbocycles. The summed E-state index contributed by atoms with van der Waals surface area (Å²) in [5.41, 5.74) is 0. The fourth-order valence-corrected chi connectivity index (χ4v) is 4.10. The predicted octanol–water partition coefficient (Wildman–Crippen LogP) is 9.79. The molecule has 0 aliphatic rings. The molecule has 0 atom stereocenters. The minimum absolute atomic E-state index is 0.406. The fraction of sp³-hybridized carbons (Fsp3) is 0.962. The van der Waals surface area contributed by atoms with Crippen molar-refractivity contribution in [3.05, 3.63) is 0 Å². The molecule has 0 radical (unpaired) electrons. The van der Waals surface area contributed by atoms with Crippen molar-refractivity contribution in [3.8, 4) is 0 Å². The van der Waals surface area contributed by atoms with Crippen LogP contribution in [0.1, 0.15) is 155 Å². The number of alkyl halides is 1. The number of halogens is 1. The number of hydrogen-bond acceptors (Lipinski definition) is 1. The molecule has 0 aromatic heterocycles. The number of Topliss-reactive ketones (excluding diaryl/α,β-unsaturated/α-hetero) is 1. The van der Waals surface area contributed by atoms with Crippen molar-refractivity contribution in [3.63, 3.8) is 0 Å². The van der Waals surface area contributed by atoms with Gasteiger partial charge >= 0.3 is 0 Å². The smallest absolute Gasteiger partial charge is 0.132 e. The van der Waals surface area contributed by atoms with E-state index in [1.807, 2.05) is 0 Å². The Morgan fingerprint density at radius 3 is 1.07 bits per heavy atom. The first-order chi connectivity index (χ1) is 13.8. The summed E-state index contributed by atoms with van der Waals surface area (Å²) >= 11 is 5.61. The molecule has 0 spiro atoms. The van der Waals surface area contributed by atoms with Gasteiger partial charge < -0.3 is 0 Å². The summed E-state index contributed by atoms with van der Waals surface area (Å²) in [5.74, 6) is 1.02. The van der Waals surface area contributed by atoms with Gasteiger partial charge in [0.05, 0.1) is 0 Å². The van der Waals surface area contributed by atoms with Crippen LogP contribution in [0, 0.1) is 0 Å². The van der Waals surface area contributed by atoms with Crippen LogP contribution in [0.2, 0.25) is 0 Å². The van der Waals surface area contributed by atoms with E-state index in [1.165, 1.54) is 122 Å². The van der Waals surface area contributed by atoms with Crippen molar-refractivity contribution in [2.45, 2.75) is 155 Å². The maximum atomic E-state index is 11.5. The molecule has 0 aromatic carbocycles. The van der Waals surface area contributed by atoms with Gasteiger partial charge in [-0.25, -0.2) is 0 Å². The van der Waals surface area contributed by atoms with Crippen molar-refractivity contribution >= 4 is 17.4 Å². The van der Waals surface area contributed by atoms with E-state index in [0.717, 1.165) is 19.3 Å². The molecule has 0 fully saturated rings. The van der Waals surface area contributed by atoms with Crippen molar-refractivity contribution in [1.29, 1.82) is 0 Å². The average Bonchev–Trinajstić information content (AvgIpc) is 2.70. The van der Waals surface area contributed by atoms with Gasteiger partial charge in [-0.1, -0.05) is 129 Å². The number of rotatable bonds is 24. The van der Waals surface area contributed by atoms with Crippen molar-refractivity contribution in [1.82, 2.24) is 0 Å². The average molecular weight is 415 g/mol. The minimum atomic E-state index is 0.406. The summed E-state index contributed by atoms with van der Waals surface area (Å²) in [5, 5.41) is 0. The van der Waals surface area contributed by atoms with Gasteiger partial charge in [-0.15, -0.1) is 11.6 Å². The lowest BCUT2D eigenvalue weighted by molar-refractivity contribution is -0.119. The topological polar surface area (TPSA) is 17.1 Å². The van der Waals surface area contributed by atoms with Crippen molar-refractivity contribution in [2.75, 3.05) is 5.88 Å². The molecule has 0 aliphatic heterocycles. The number of unbranched alkanes of at least 4 members (excludes halogenated alkanes) is 19. The standard InChI is InChI=1S/C26H51ClO/c1-2-3-4-5-6-7-8-9-10-11-12-13-14-15-16-17-18-19-20-21-23-26(28)24-22-25-27/h2-25H2,1H3. The van der Waals surface area contributed by atoms with Gasteiger partial charge in [0.1, 0.15) is 5.78 Å². The first-order valence-corrected chi connectivity index (χ1v) is 13.4. The molecule has 0 unspecified atom stereocenters. The maximum absolute atomic E-state index is 11.5. The first kappa shape index (κ1) is 28.0. The second-order valence-electron chi connectivity index (χ2n) is 8.80. The van der Waals surface area contributed by atoms with Crippen molar-refractivity contribution < 1.29 is 4.79 Å². The zero-order valence-corrected chi connectivity index (χ0v) is 20.0. The molecule has 28 heavy (non-hydrogen) atoms. The Hall–Kier alpha value is -0.0400. The van der Waals surface area contributed by atoms with E-state index in [1.54, 1.807) is 0 Å². The Kier molecular flexibility index (Phi) is 25.0. The molecule has 2 heteroatoms. The van der Waals surface area contributed by atoms with Crippen LogP contribution in [0.15, 0.2) is 0 Å². The van der Waals surface area contributed by atoms with E-state index in [-0.39, 0.29) is 0 Å². The summed E-state index contributed by atoms with van der Waals surface area (Å²) in [7, 11) is 0. The minimum Gasteiger partial charge on any atom is -0.300 e. The molecule has 0 N–H and O–H groups in total. The SMILES string of the molecule is CCCCCCCCCCCCCCCCCCCCCCC(=O)CCCCl. The van der Waals surface area contributed by atoms with Crippen LogP contribution in [-0.4, -0.2) is 11.7 Å². The predicted molar refractivity (Wildman–Crippen MR) is 128 cm³/mol. The highest BCUT2D eigenvalue weighted by atomic mass is 35.5. The van der Waals surface area contributed by atoms with Gasteiger partial charge in [-0.05, 0) is 12.8 Å². The van der Waals surface area contributed by atoms with Gasteiger partial charge in [0.2, 0.25) is 0 Å². The molecule has 0 aliphatic carbocycles. The summed E-state index contributed by atoms with van der Waals surface area (Å²) in [4.78, 5) is 11.5. The van der Waals surface area contributed by atoms with Gasteiger partial charge in [-0.3, -0.25) is 4.79 Å². The first-order valence-electron chi connectivity index (χ1n) is 12.9. The zero-order valence-electron chi connectivity index (χ0n) is 19.3. The lowest BCUT2D eigenvalue weighted by Crippen LogP contribution is -1.97. The number of carbonyl (C=O) groups excluding carboxylic acids is 1. The lowest BCUT2D eigenvalue weighted by Gasteiger charge is -2.04. The number of carbonyl (C=O) groups is 1. The van der Waals surface area contributed by atoms with Crippen LogP contribution in [0.5, 0.6) is 0 Å². The number of ketones is 1. The van der Waals surface area contributed by atoms with Crippen LogP contribution >= 0.6 is 11.6 Å². The Morgan fingerprint density at radius 1 is 0.464 bits per heavy atom. The van der Waals surface area contributed by atoms with E-state index in [2.05, 4.69) is 6.92 Å². The van der Waals surface area contributed by atoms with Crippen LogP contribution in [0.3, 0.4) is 0 Å². The second kappa shape index (κ2) is 25.0. The monoisotopic (exact) mass is 414 g/mol.